The van der Waals surface area contributed by atoms with Gasteiger partial charge < -0.3 is 31.0 Å². The van der Waals surface area contributed by atoms with Crippen molar-refractivity contribution in [2.24, 2.45) is 17.8 Å². The van der Waals surface area contributed by atoms with E-state index in [2.05, 4.69) is 5.32 Å². The molecule has 0 radical (unpaired) electrons. The summed E-state index contributed by atoms with van der Waals surface area (Å²) in [5.74, 6) is -1.75. The summed E-state index contributed by atoms with van der Waals surface area (Å²) in [6.45, 7) is 5.14. The zero-order valence-corrected chi connectivity index (χ0v) is 25.3. The number of likely N-dealkylation sites (N-methyl/N-ethyl adjacent to an activating group) is 1. The first kappa shape index (κ1) is 36.6. The number of carbonyl (C=O) groups is 4. The highest BCUT2D eigenvalue weighted by Crippen LogP contribution is 2.38. The van der Waals surface area contributed by atoms with Gasteiger partial charge >= 0.3 is 0 Å². The summed E-state index contributed by atoms with van der Waals surface area (Å²) in [5, 5.41) is 32.0. The van der Waals surface area contributed by atoms with E-state index >= 15 is 0 Å². The molecule has 0 aliphatic heterocycles. The topological polar surface area (TPSA) is 176 Å². The van der Waals surface area contributed by atoms with Crippen LogP contribution in [0, 0.1) is 31.6 Å². The van der Waals surface area contributed by atoms with E-state index in [-0.39, 0.29) is 75.2 Å². The minimum atomic E-state index is -0.720. The molecule has 1 aliphatic carbocycles. The molecular formula is C32H50N2O8. The molecule has 3 unspecified atom stereocenters. The number of Topliss-reactive ketones (excluding diaryl/α,β-unsaturated/α-hetero) is 3. The van der Waals surface area contributed by atoms with Crippen LogP contribution in [0.4, 0.5) is 5.69 Å². The van der Waals surface area contributed by atoms with Crippen molar-refractivity contribution >= 4 is 28.9 Å². The Kier molecular flexibility index (Phi) is 15.2. The standard InChI is InChI=1S/C21H28O6.C11H16N2O.H2O.2H2/c1-12-3-4-18(25)21-16(12)9-14(10-20(21)27)8-15(5-6-22)17(11-23)19(26)7-13(2)24;1-9-4-6-10(7-5-9)12-11(14)8-13(2)3;;;/h3-4,14-15,17,22-23,25H,5-11H2,1-2H3;4-7H,8H2,1-3H3,(H,12,14);1H2;2*1H. The van der Waals surface area contributed by atoms with Crippen LogP contribution in [0.25, 0.3) is 0 Å². The van der Waals surface area contributed by atoms with Gasteiger partial charge in [-0.25, -0.2) is 0 Å². The van der Waals surface area contributed by atoms with Gasteiger partial charge in [-0.2, -0.15) is 0 Å². The average Bonchev–Trinajstić information content (AvgIpc) is 2.87. The monoisotopic (exact) mass is 590 g/mol. The molecule has 1 amide bonds. The summed E-state index contributed by atoms with van der Waals surface area (Å²) in [6, 6.07) is 11.1. The largest absolute Gasteiger partial charge is 0.507 e. The molecule has 42 heavy (non-hydrogen) atoms. The Morgan fingerprint density at radius 3 is 2.24 bits per heavy atom. The van der Waals surface area contributed by atoms with Crippen molar-refractivity contribution in [3.63, 3.8) is 0 Å². The Morgan fingerprint density at radius 1 is 1.05 bits per heavy atom. The minimum absolute atomic E-state index is 0. The lowest BCUT2D eigenvalue weighted by Gasteiger charge is -2.31. The highest BCUT2D eigenvalue weighted by Gasteiger charge is 2.34. The van der Waals surface area contributed by atoms with Crippen molar-refractivity contribution in [3.05, 3.63) is 58.7 Å². The Morgan fingerprint density at radius 2 is 1.69 bits per heavy atom. The van der Waals surface area contributed by atoms with Gasteiger partial charge in [-0.15, -0.1) is 0 Å². The molecule has 3 atom stereocenters. The first-order valence-electron chi connectivity index (χ1n) is 14.0. The number of rotatable bonds is 12. The van der Waals surface area contributed by atoms with Gasteiger partial charge in [0.15, 0.2) is 5.78 Å². The Balaban J connectivity index is 0. The van der Waals surface area contributed by atoms with Gasteiger partial charge in [0.1, 0.15) is 17.3 Å². The average molecular weight is 591 g/mol. The third-order valence-electron chi connectivity index (χ3n) is 7.30. The fourth-order valence-electron chi connectivity index (χ4n) is 5.30. The summed E-state index contributed by atoms with van der Waals surface area (Å²) >= 11 is 0. The van der Waals surface area contributed by atoms with Crippen LogP contribution in [0.3, 0.4) is 0 Å². The molecule has 2 aromatic rings. The minimum Gasteiger partial charge on any atom is -0.507 e. The smallest absolute Gasteiger partial charge is 0.238 e. The second-order valence-corrected chi connectivity index (χ2v) is 11.2. The van der Waals surface area contributed by atoms with Crippen LogP contribution >= 0.6 is 0 Å². The molecule has 0 aromatic heterocycles. The highest BCUT2D eigenvalue weighted by molar-refractivity contribution is 6.01. The van der Waals surface area contributed by atoms with Crippen molar-refractivity contribution in [1.82, 2.24) is 4.90 Å². The third-order valence-corrected chi connectivity index (χ3v) is 7.30. The normalized spacial score (nSPS) is 15.4. The lowest BCUT2D eigenvalue weighted by molar-refractivity contribution is -0.131. The van der Waals surface area contributed by atoms with E-state index < -0.39 is 5.92 Å². The number of aryl methyl sites for hydroxylation is 2. The molecule has 0 bridgehead atoms. The van der Waals surface area contributed by atoms with E-state index in [1.54, 1.807) is 6.07 Å². The number of carbonyl (C=O) groups excluding carboxylic acids is 4. The van der Waals surface area contributed by atoms with Crippen LogP contribution in [-0.4, -0.2) is 82.8 Å². The predicted octanol–water partition coefficient (Wildman–Crippen LogP) is 3.15. The summed E-state index contributed by atoms with van der Waals surface area (Å²) in [5.41, 5.74) is 4.19. The number of phenolic OH excluding ortho intramolecular Hbond substituents is 1. The Bertz CT molecular complexity index is 1220. The number of hydrogen-bond acceptors (Lipinski definition) is 8. The fourth-order valence-corrected chi connectivity index (χ4v) is 5.30. The van der Waals surface area contributed by atoms with Gasteiger partial charge in [-0.1, -0.05) is 23.8 Å². The first-order valence-corrected chi connectivity index (χ1v) is 14.0. The molecule has 236 valence electrons. The van der Waals surface area contributed by atoms with Gasteiger partial charge in [-0.3, -0.25) is 19.2 Å². The summed E-state index contributed by atoms with van der Waals surface area (Å²) in [6.07, 6.45) is 1.45. The predicted molar refractivity (Wildman–Crippen MR) is 166 cm³/mol. The zero-order valence-electron chi connectivity index (χ0n) is 25.3. The number of nitrogens with one attached hydrogen (secondary N) is 1. The van der Waals surface area contributed by atoms with Crippen molar-refractivity contribution in [3.8, 4) is 5.75 Å². The van der Waals surface area contributed by atoms with E-state index in [9.17, 15) is 34.5 Å². The second kappa shape index (κ2) is 17.5. The highest BCUT2D eigenvalue weighted by atomic mass is 16.3. The lowest BCUT2D eigenvalue weighted by atomic mass is 9.73. The van der Waals surface area contributed by atoms with E-state index in [1.165, 1.54) is 18.6 Å². The van der Waals surface area contributed by atoms with Crippen molar-refractivity contribution in [2.75, 3.05) is 39.2 Å². The van der Waals surface area contributed by atoms with Crippen LogP contribution in [0.15, 0.2) is 36.4 Å². The molecule has 0 heterocycles. The number of hydrogen-bond donors (Lipinski definition) is 4. The van der Waals surface area contributed by atoms with Crippen LogP contribution in [0.2, 0.25) is 0 Å². The Hall–Kier alpha value is -3.44. The van der Waals surface area contributed by atoms with Gasteiger partial charge in [0.2, 0.25) is 5.91 Å². The number of ketones is 3. The van der Waals surface area contributed by atoms with Crippen molar-refractivity contribution < 1.29 is 42.8 Å². The van der Waals surface area contributed by atoms with Gasteiger partial charge in [0, 0.05) is 27.5 Å². The molecule has 10 heteroatoms. The lowest BCUT2D eigenvalue weighted by Crippen LogP contribution is -2.32. The SMILES string of the molecule is CC(=O)CC(=O)C(CO)C(CCO)CC1CC(=O)c2c(O)ccc(C)c2C1.Cc1ccc(NC(=O)CN(C)C)cc1.O.[HH].[HH]. The third kappa shape index (κ3) is 11.1. The summed E-state index contributed by atoms with van der Waals surface area (Å²) in [7, 11) is 3.74. The molecule has 6 N–H and O–H groups in total. The number of amides is 1. The maximum Gasteiger partial charge on any atom is 0.238 e. The molecule has 0 saturated heterocycles. The van der Waals surface area contributed by atoms with Crippen LogP contribution in [-0.2, 0) is 20.8 Å². The number of aliphatic hydroxyl groups excluding tert-OH is 2. The number of aliphatic hydroxyl groups is 2. The molecule has 3 rings (SSSR count). The number of phenols is 1. The molecule has 0 fully saturated rings. The quantitative estimate of drug-likeness (QED) is 0.273. The Labute approximate surface area is 251 Å². The van der Waals surface area contributed by atoms with Crippen LogP contribution < -0.4 is 5.32 Å². The first-order chi connectivity index (χ1) is 19.4. The number of aromatic hydroxyl groups is 1. The maximum atomic E-state index is 12.6. The summed E-state index contributed by atoms with van der Waals surface area (Å²) in [4.78, 5) is 49.4. The molecule has 2 aromatic carbocycles. The number of anilines is 1. The van der Waals surface area contributed by atoms with Crippen molar-refractivity contribution in [2.45, 2.75) is 52.9 Å². The molecule has 0 spiro atoms. The molecule has 10 nitrogen and oxygen atoms in total. The van der Waals surface area contributed by atoms with E-state index in [0.29, 0.717) is 31.4 Å². The van der Waals surface area contributed by atoms with E-state index in [4.69, 9.17) is 0 Å². The molecular weight excluding hydrogens is 540 g/mol. The second-order valence-electron chi connectivity index (χ2n) is 11.2. The number of fused-ring (bicyclic) bond motifs is 1. The van der Waals surface area contributed by atoms with Gasteiger partial charge in [0.25, 0.3) is 0 Å². The fraction of sp³-hybridized carbons (Fsp3) is 0.500. The zero-order chi connectivity index (χ0) is 30.7. The van der Waals surface area contributed by atoms with Crippen LogP contribution in [0.1, 0.15) is 62.5 Å². The van der Waals surface area contributed by atoms with Gasteiger partial charge in [-0.05, 0) is 95.3 Å². The van der Waals surface area contributed by atoms with Gasteiger partial charge in [0.05, 0.1) is 25.1 Å². The summed E-state index contributed by atoms with van der Waals surface area (Å²) < 4.78 is 0. The van der Waals surface area contributed by atoms with Crippen molar-refractivity contribution in [1.29, 1.82) is 0 Å². The maximum absolute atomic E-state index is 12.6. The van der Waals surface area contributed by atoms with Crippen LogP contribution in [0.5, 0.6) is 5.75 Å². The van der Waals surface area contributed by atoms with E-state index in [0.717, 1.165) is 16.8 Å². The van der Waals surface area contributed by atoms with E-state index in [1.807, 2.05) is 57.1 Å². The number of benzene rings is 2. The number of nitrogens with zero attached hydrogens (tertiary/aromatic N) is 1. The molecule has 1 aliphatic rings. The molecule has 0 saturated carbocycles.